The third-order valence-corrected chi connectivity index (χ3v) is 2.74. The van der Waals surface area contributed by atoms with Gasteiger partial charge in [0, 0.05) is 25.0 Å². The zero-order valence-electron chi connectivity index (χ0n) is 11.2. The van der Waals surface area contributed by atoms with Crippen LogP contribution >= 0.6 is 0 Å². The number of pyridine rings is 1. The van der Waals surface area contributed by atoms with Crippen molar-refractivity contribution in [2.75, 3.05) is 21.2 Å². The maximum absolute atomic E-state index is 9.34. The molecule has 2 rings (SSSR count). The van der Waals surface area contributed by atoms with Crippen LogP contribution in [0.15, 0.2) is 30.5 Å². The lowest BCUT2D eigenvalue weighted by Gasteiger charge is -2.10. The van der Waals surface area contributed by atoms with Gasteiger partial charge in [0.05, 0.1) is 12.6 Å². The Kier molecular flexibility index (Phi) is 3.67. The third kappa shape index (κ3) is 2.50. The van der Waals surface area contributed by atoms with Crippen LogP contribution in [0.25, 0.3) is 17.0 Å². The second kappa shape index (κ2) is 5.40. The van der Waals surface area contributed by atoms with E-state index in [-0.39, 0.29) is 0 Å². The van der Waals surface area contributed by atoms with E-state index in [9.17, 15) is 5.26 Å². The van der Waals surface area contributed by atoms with Crippen molar-refractivity contribution in [3.63, 3.8) is 0 Å². The highest BCUT2D eigenvalue weighted by Gasteiger charge is 2.13. The van der Waals surface area contributed by atoms with Gasteiger partial charge in [-0.2, -0.15) is 5.26 Å². The number of methoxy groups -OCH3 is 1. The smallest absolute Gasteiger partial charge is 0.232 e. The molecular weight excluding hydrogens is 238 g/mol. The topological polar surface area (TPSA) is 49.1 Å². The minimum absolute atomic E-state index is 0.361. The molecular formula is C15H15N3O. The van der Waals surface area contributed by atoms with Gasteiger partial charge in [-0.15, -0.1) is 0 Å². The van der Waals surface area contributed by atoms with Gasteiger partial charge in [-0.05, 0) is 18.3 Å². The first kappa shape index (κ1) is 12.9. The summed E-state index contributed by atoms with van der Waals surface area (Å²) in [7, 11) is 5.39. The molecule has 1 aromatic heterocycles. The van der Waals surface area contributed by atoms with Gasteiger partial charge in [0.15, 0.2) is 0 Å². The monoisotopic (exact) mass is 253 g/mol. The Bertz CT molecular complexity index is 669. The summed E-state index contributed by atoms with van der Waals surface area (Å²) in [6.45, 7) is 0. The summed E-state index contributed by atoms with van der Waals surface area (Å²) in [6, 6.07) is 9.89. The fraction of sp³-hybridized carbons (Fsp3) is 0.200. The van der Waals surface area contributed by atoms with Crippen molar-refractivity contribution in [2.45, 2.75) is 0 Å². The quantitative estimate of drug-likeness (QED) is 0.843. The molecule has 1 aromatic carbocycles. The number of nitrogens with zero attached hydrogens (tertiary/aromatic N) is 3. The van der Waals surface area contributed by atoms with Crippen molar-refractivity contribution < 1.29 is 4.74 Å². The average Bonchev–Trinajstić information content (AvgIpc) is 2.43. The van der Waals surface area contributed by atoms with Gasteiger partial charge in [0.1, 0.15) is 11.6 Å². The fourth-order valence-corrected chi connectivity index (χ4v) is 1.87. The molecule has 0 aliphatic rings. The summed E-state index contributed by atoms with van der Waals surface area (Å²) in [5.74, 6) is 0.361. The van der Waals surface area contributed by atoms with Crippen LogP contribution in [0.4, 0.5) is 0 Å². The highest BCUT2D eigenvalue weighted by molar-refractivity contribution is 5.91. The van der Waals surface area contributed by atoms with Crippen molar-refractivity contribution in [2.24, 2.45) is 0 Å². The molecule has 2 aromatic rings. The lowest BCUT2D eigenvalue weighted by atomic mass is 10.0. The average molecular weight is 253 g/mol. The summed E-state index contributed by atoms with van der Waals surface area (Å²) in [5, 5.41) is 10.3. The molecule has 0 saturated heterocycles. The van der Waals surface area contributed by atoms with Crippen LogP contribution in [0.3, 0.4) is 0 Å². The minimum Gasteiger partial charge on any atom is -0.480 e. The van der Waals surface area contributed by atoms with E-state index in [1.165, 1.54) is 7.11 Å². The Morgan fingerprint density at radius 2 is 2.05 bits per heavy atom. The van der Waals surface area contributed by atoms with Gasteiger partial charge in [0.25, 0.3) is 0 Å². The van der Waals surface area contributed by atoms with E-state index in [4.69, 9.17) is 4.74 Å². The van der Waals surface area contributed by atoms with Gasteiger partial charge in [0.2, 0.25) is 5.88 Å². The van der Waals surface area contributed by atoms with E-state index in [0.29, 0.717) is 11.4 Å². The van der Waals surface area contributed by atoms with Crippen LogP contribution in [-0.4, -0.2) is 31.1 Å². The highest BCUT2D eigenvalue weighted by atomic mass is 16.5. The van der Waals surface area contributed by atoms with E-state index < -0.39 is 0 Å². The summed E-state index contributed by atoms with van der Waals surface area (Å²) < 4.78 is 5.21. The van der Waals surface area contributed by atoms with Crippen molar-refractivity contribution in [3.8, 4) is 11.9 Å². The highest BCUT2D eigenvalue weighted by Crippen LogP contribution is 2.28. The first-order valence-corrected chi connectivity index (χ1v) is 5.89. The van der Waals surface area contributed by atoms with Crippen molar-refractivity contribution in [1.82, 2.24) is 9.88 Å². The molecule has 0 bridgehead atoms. The van der Waals surface area contributed by atoms with Crippen LogP contribution in [0.2, 0.25) is 0 Å². The molecule has 0 amide bonds. The molecule has 96 valence electrons. The molecule has 0 saturated carbocycles. The summed E-state index contributed by atoms with van der Waals surface area (Å²) in [4.78, 5) is 6.28. The lowest BCUT2D eigenvalue weighted by molar-refractivity contribution is 0.398. The first-order chi connectivity index (χ1) is 9.17. The van der Waals surface area contributed by atoms with Crippen LogP contribution in [0.1, 0.15) is 11.1 Å². The molecule has 0 fully saturated rings. The van der Waals surface area contributed by atoms with Crippen LogP contribution in [0, 0.1) is 11.3 Å². The zero-order chi connectivity index (χ0) is 13.8. The Morgan fingerprint density at radius 1 is 1.32 bits per heavy atom. The Balaban J connectivity index is 2.79. The molecule has 0 aliphatic carbocycles. The normalized spacial score (nSPS) is 10.6. The maximum atomic E-state index is 9.34. The molecule has 0 atom stereocenters. The number of hydrogen-bond acceptors (Lipinski definition) is 4. The standard InChI is InChI=1S/C15H15N3O/c1-18(2)9-8-11-12-6-4-5-7-14(12)17-15(19-3)13(11)10-16/h4-9H,1-3H3/b9-8+. The number of para-hydroxylation sites is 1. The Labute approximate surface area is 112 Å². The predicted octanol–water partition coefficient (Wildman–Crippen LogP) is 2.65. The molecule has 0 radical (unpaired) electrons. The van der Waals surface area contributed by atoms with E-state index >= 15 is 0 Å². The predicted molar refractivity (Wildman–Crippen MR) is 75.7 cm³/mol. The molecule has 19 heavy (non-hydrogen) atoms. The number of fused-ring (bicyclic) bond motifs is 1. The molecule has 0 aliphatic heterocycles. The van der Waals surface area contributed by atoms with Gasteiger partial charge >= 0.3 is 0 Å². The maximum Gasteiger partial charge on any atom is 0.232 e. The van der Waals surface area contributed by atoms with Gasteiger partial charge in [-0.25, -0.2) is 4.98 Å². The Morgan fingerprint density at radius 3 is 2.68 bits per heavy atom. The van der Waals surface area contributed by atoms with Crippen molar-refractivity contribution in [1.29, 1.82) is 5.26 Å². The van der Waals surface area contributed by atoms with Crippen LogP contribution in [0.5, 0.6) is 5.88 Å². The molecule has 4 heteroatoms. The second-order valence-electron chi connectivity index (χ2n) is 4.32. The molecule has 0 spiro atoms. The summed E-state index contributed by atoms with van der Waals surface area (Å²) >= 11 is 0. The number of nitriles is 1. The van der Waals surface area contributed by atoms with Crippen LogP contribution < -0.4 is 4.74 Å². The molecule has 0 N–H and O–H groups in total. The van der Waals surface area contributed by atoms with E-state index in [1.54, 1.807) is 0 Å². The largest absolute Gasteiger partial charge is 0.480 e. The minimum atomic E-state index is 0.361. The number of hydrogen-bond donors (Lipinski definition) is 0. The van der Waals surface area contributed by atoms with E-state index in [0.717, 1.165) is 16.5 Å². The summed E-state index contributed by atoms with van der Waals surface area (Å²) in [5.41, 5.74) is 2.11. The molecule has 1 heterocycles. The first-order valence-electron chi connectivity index (χ1n) is 5.89. The Hall–Kier alpha value is -2.54. The van der Waals surface area contributed by atoms with Gasteiger partial charge in [-0.3, -0.25) is 0 Å². The SMILES string of the molecule is COc1nc2ccccc2c(/C=C/N(C)C)c1C#N. The molecule has 4 nitrogen and oxygen atoms in total. The second-order valence-corrected chi connectivity index (χ2v) is 4.32. The summed E-state index contributed by atoms with van der Waals surface area (Å²) in [6.07, 6.45) is 3.81. The lowest BCUT2D eigenvalue weighted by Crippen LogP contribution is -2.01. The number of rotatable bonds is 3. The van der Waals surface area contributed by atoms with Crippen molar-refractivity contribution in [3.05, 3.63) is 41.6 Å². The van der Waals surface area contributed by atoms with E-state index in [2.05, 4.69) is 11.1 Å². The van der Waals surface area contributed by atoms with Gasteiger partial charge < -0.3 is 9.64 Å². The number of benzene rings is 1. The number of ether oxygens (including phenoxy) is 1. The van der Waals surface area contributed by atoms with E-state index in [1.807, 2.05) is 55.5 Å². The molecule has 0 unspecified atom stereocenters. The number of aromatic nitrogens is 1. The fourth-order valence-electron chi connectivity index (χ4n) is 1.87. The zero-order valence-corrected chi connectivity index (χ0v) is 11.2. The third-order valence-electron chi connectivity index (χ3n) is 2.74. The van der Waals surface area contributed by atoms with Gasteiger partial charge in [-0.1, -0.05) is 18.2 Å². The van der Waals surface area contributed by atoms with Crippen molar-refractivity contribution >= 4 is 17.0 Å². The van der Waals surface area contributed by atoms with Crippen LogP contribution in [-0.2, 0) is 0 Å².